The Labute approximate surface area is 142 Å². The molecule has 0 aliphatic heterocycles. The molecular weight excluding hydrogens is 298 g/mol. The minimum absolute atomic E-state index is 0.603. The van der Waals surface area contributed by atoms with Crippen LogP contribution in [-0.2, 0) is 6.54 Å². The van der Waals surface area contributed by atoms with E-state index in [1.54, 1.807) is 6.20 Å². The number of pyridine rings is 1. The zero-order valence-corrected chi connectivity index (χ0v) is 14.2. The summed E-state index contributed by atoms with van der Waals surface area (Å²) in [5.74, 6) is 1.38. The van der Waals surface area contributed by atoms with Crippen LogP contribution in [0.25, 0.3) is 0 Å². The zero-order chi connectivity index (χ0) is 16.9. The molecular formula is C19H21N5. The molecule has 0 aliphatic rings. The Kier molecular flexibility index (Phi) is 4.70. The van der Waals surface area contributed by atoms with Crippen LogP contribution in [-0.4, -0.2) is 15.0 Å². The van der Waals surface area contributed by atoms with Gasteiger partial charge < -0.3 is 10.6 Å². The number of anilines is 3. The zero-order valence-electron chi connectivity index (χ0n) is 14.2. The van der Waals surface area contributed by atoms with Crippen LogP contribution < -0.4 is 10.6 Å². The van der Waals surface area contributed by atoms with Gasteiger partial charge in [-0.05, 0) is 44.0 Å². The van der Waals surface area contributed by atoms with E-state index in [2.05, 4.69) is 57.6 Å². The summed E-state index contributed by atoms with van der Waals surface area (Å²) in [4.78, 5) is 13.1. The lowest BCUT2D eigenvalue weighted by molar-refractivity contribution is 1.02. The molecule has 5 heteroatoms. The summed E-state index contributed by atoms with van der Waals surface area (Å²) in [6, 6.07) is 12.2. The normalized spacial score (nSPS) is 10.5. The first-order chi connectivity index (χ1) is 11.6. The fourth-order valence-corrected chi connectivity index (χ4v) is 2.49. The minimum atomic E-state index is 0.603. The highest BCUT2D eigenvalue weighted by atomic mass is 15.1. The molecule has 2 N–H and O–H groups in total. The molecule has 0 spiro atoms. The molecule has 3 rings (SSSR count). The van der Waals surface area contributed by atoms with Crippen LogP contribution in [0.1, 0.15) is 22.4 Å². The maximum atomic E-state index is 4.55. The maximum absolute atomic E-state index is 4.55. The monoisotopic (exact) mass is 319 g/mol. The van der Waals surface area contributed by atoms with E-state index in [1.165, 1.54) is 11.1 Å². The van der Waals surface area contributed by atoms with E-state index < -0.39 is 0 Å². The van der Waals surface area contributed by atoms with Crippen molar-refractivity contribution in [1.29, 1.82) is 0 Å². The molecule has 2 aromatic heterocycles. The van der Waals surface area contributed by atoms with Crippen LogP contribution in [0, 0.1) is 20.8 Å². The Morgan fingerprint density at radius 2 is 1.88 bits per heavy atom. The van der Waals surface area contributed by atoms with Gasteiger partial charge >= 0.3 is 0 Å². The number of nitrogens with one attached hydrogen (secondary N) is 2. The molecule has 0 saturated carbocycles. The van der Waals surface area contributed by atoms with Crippen molar-refractivity contribution in [3.63, 3.8) is 0 Å². The third-order valence-electron chi connectivity index (χ3n) is 3.67. The fourth-order valence-electron chi connectivity index (χ4n) is 2.49. The van der Waals surface area contributed by atoms with Crippen molar-refractivity contribution >= 4 is 17.5 Å². The summed E-state index contributed by atoms with van der Waals surface area (Å²) in [7, 11) is 0. The van der Waals surface area contributed by atoms with E-state index in [4.69, 9.17) is 0 Å². The molecule has 1 aromatic carbocycles. The molecule has 0 saturated heterocycles. The van der Waals surface area contributed by atoms with Gasteiger partial charge in [-0.15, -0.1) is 0 Å². The van der Waals surface area contributed by atoms with Crippen molar-refractivity contribution in [3.05, 3.63) is 71.2 Å². The second kappa shape index (κ2) is 7.08. The minimum Gasteiger partial charge on any atom is -0.350 e. The summed E-state index contributed by atoms with van der Waals surface area (Å²) < 4.78 is 0. The summed E-state index contributed by atoms with van der Waals surface area (Å²) in [6.07, 6.45) is 3.59. The van der Waals surface area contributed by atoms with Crippen LogP contribution in [0.4, 0.5) is 17.5 Å². The average molecular weight is 319 g/mol. The lowest BCUT2D eigenvalue weighted by Crippen LogP contribution is -2.06. The van der Waals surface area contributed by atoms with Crippen molar-refractivity contribution in [1.82, 2.24) is 15.0 Å². The first-order valence-corrected chi connectivity index (χ1v) is 7.93. The summed E-state index contributed by atoms with van der Waals surface area (Å²) in [6.45, 7) is 6.78. The molecule has 0 atom stereocenters. The first-order valence-electron chi connectivity index (χ1n) is 7.93. The Balaban J connectivity index is 1.76. The van der Waals surface area contributed by atoms with E-state index in [9.17, 15) is 0 Å². The Morgan fingerprint density at radius 3 is 2.62 bits per heavy atom. The van der Waals surface area contributed by atoms with Crippen LogP contribution in [0.3, 0.4) is 0 Å². The second-order valence-electron chi connectivity index (χ2n) is 5.88. The number of hydrogen-bond acceptors (Lipinski definition) is 5. The molecule has 5 nitrogen and oxygen atoms in total. The Hall–Kier alpha value is -2.95. The molecule has 0 radical (unpaired) electrons. The van der Waals surface area contributed by atoms with Crippen LogP contribution in [0.15, 0.2) is 48.8 Å². The van der Waals surface area contributed by atoms with Gasteiger partial charge in [0.1, 0.15) is 5.82 Å². The van der Waals surface area contributed by atoms with Crippen LogP contribution >= 0.6 is 0 Å². The molecule has 0 aliphatic carbocycles. The number of aromatic nitrogens is 3. The molecule has 2 heterocycles. The number of aryl methyl sites for hydroxylation is 3. The van der Waals surface area contributed by atoms with Gasteiger partial charge in [-0.2, -0.15) is 4.98 Å². The lowest BCUT2D eigenvalue weighted by Gasteiger charge is -2.12. The predicted molar refractivity (Wildman–Crippen MR) is 97.5 cm³/mol. The molecule has 0 fully saturated rings. The van der Waals surface area contributed by atoms with Crippen LogP contribution in [0.5, 0.6) is 0 Å². The van der Waals surface area contributed by atoms with Gasteiger partial charge in [0.15, 0.2) is 0 Å². The number of nitrogens with zero attached hydrogens (tertiary/aromatic N) is 3. The summed E-state index contributed by atoms with van der Waals surface area (Å²) in [5, 5.41) is 6.62. The quantitative estimate of drug-likeness (QED) is 0.739. The van der Waals surface area contributed by atoms with E-state index in [1.807, 2.05) is 31.3 Å². The largest absolute Gasteiger partial charge is 0.350 e. The van der Waals surface area contributed by atoms with E-state index in [-0.39, 0.29) is 0 Å². The summed E-state index contributed by atoms with van der Waals surface area (Å²) >= 11 is 0. The van der Waals surface area contributed by atoms with Gasteiger partial charge in [-0.3, -0.25) is 4.98 Å². The van der Waals surface area contributed by atoms with Gasteiger partial charge in [0.2, 0.25) is 5.95 Å². The highest BCUT2D eigenvalue weighted by molar-refractivity contribution is 5.61. The van der Waals surface area contributed by atoms with Gasteiger partial charge in [0.05, 0.1) is 0 Å². The molecule has 122 valence electrons. The molecule has 0 unspecified atom stereocenters. The SMILES string of the molecule is Cc1ccc(Nc2cc(C)nc(NCc3cccnc3)n2)c(C)c1. The van der Waals surface area contributed by atoms with E-state index in [0.717, 1.165) is 22.8 Å². The number of benzene rings is 1. The van der Waals surface area contributed by atoms with Crippen molar-refractivity contribution < 1.29 is 0 Å². The topological polar surface area (TPSA) is 62.7 Å². The third kappa shape index (κ3) is 4.07. The molecule has 3 aromatic rings. The second-order valence-corrected chi connectivity index (χ2v) is 5.88. The Morgan fingerprint density at radius 1 is 1.00 bits per heavy atom. The third-order valence-corrected chi connectivity index (χ3v) is 3.67. The highest BCUT2D eigenvalue weighted by Gasteiger charge is 2.05. The van der Waals surface area contributed by atoms with Crippen molar-refractivity contribution in [2.24, 2.45) is 0 Å². The van der Waals surface area contributed by atoms with Gasteiger partial charge in [-0.1, -0.05) is 23.8 Å². The van der Waals surface area contributed by atoms with Crippen LogP contribution in [0.2, 0.25) is 0 Å². The highest BCUT2D eigenvalue weighted by Crippen LogP contribution is 2.21. The maximum Gasteiger partial charge on any atom is 0.225 e. The number of rotatable bonds is 5. The van der Waals surface area contributed by atoms with Crippen molar-refractivity contribution in [2.45, 2.75) is 27.3 Å². The first kappa shape index (κ1) is 15.9. The summed E-state index contributed by atoms with van der Waals surface area (Å²) in [5.41, 5.74) is 5.49. The van der Waals surface area contributed by atoms with Crippen molar-refractivity contribution in [3.8, 4) is 0 Å². The fraction of sp³-hybridized carbons (Fsp3) is 0.211. The van der Waals surface area contributed by atoms with E-state index >= 15 is 0 Å². The van der Waals surface area contributed by atoms with Gasteiger partial charge in [-0.25, -0.2) is 4.98 Å². The van der Waals surface area contributed by atoms with Gasteiger partial charge in [0.25, 0.3) is 0 Å². The predicted octanol–water partition coefficient (Wildman–Crippen LogP) is 4.15. The Bertz CT molecular complexity index is 830. The van der Waals surface area contributed by atoms with Crippen molar-refractivity contribution in [2.75, 3.05) is 10.6 Å². The average Bonchev–Trinajstić information content (AvgIpc) is 2.56. The van der Waals surface area contributed by atoms with Gasteiger partial charge in [0, 0.05) is 36.4 Å². The number of hydrogen-bond donors (Lipinski definition) is 2. The molecule has 24 heavy (non-hydrogen) atoms. The molecule has 0 amide bonds. The molecule has 0 bridgehead atoms. The standard InChI is InChI=1S/C19H21N5/c1-13-6-7-17(14(2)9-13)23-18-10-15(3)22-19(24-18)21-12-16-5-4-8-20-11-16/h4-11H,12H2,1-3H3,(H2,21,22,23,24). The lowest BCUT2D eigenvalue weighted by atomic mass is 10.1. The van der Waals surface area contributed by atoms with E-state index in [0.29, 0.717) is 12.5 Å². The smallest absolute Gasteiger partial charge is 0.225 e.